The van der Waals surface area contributed by atoms with Gasteiger partial charge in [0.2, 0.25) is 0 Å². The van der Waals surface area contributed by atoms with E-state index in [1.54, 1.807) is 13.0 Å². The van der Waals surface area contributed by atoms with E-state index in [0.717, 1.165) is 12.1 Å². The summed E-state index contributed by atoms with van der Waals surface area (Å²) in [6.07, 6.45) is 0. The lowest BCUT2D eigenvalue weighted by Gasteiger charge is -2.11. The normalized spacial score (nSPS) is 11.4. The molecule has 9 nitrogen and oxygen atoms in total. The lowest BCUT2D eigenvalue weighted by atomic mass is 10.1. The number of phenolic OH excluding ortho intramolecular Hbond substituents is 1. The fraction of sp³-hybridized carbons (Fsp3) is 0.0556. The van der Waals surface area contributed by atoms with Crippen molar-refractivity contribution >= 4 is 38.2 Å². The van der Waals surface area contributed by atoms with Crippen molar-refractivity contribution in [3.05, 3.63) is 69.8 Å². The van der Waals surface area contributed by atoms with Crippen LogP contribution in [0.3, 0.4) is 0 Å². The molecule has 10 heteroatoms. The summed E-state index contributed by atoms with van der Waals surface area (Å²) in [4.78, 5) is 22.7. The zero-order chi connectivity index (χ0) is 20.6. The number of nitrogens with one attached hydrogen (secondary N) is 1. The molecule has 0 atom stereocenters. The van der Waals surface area contributed by atoms with Gasteiger partial charge >= 0.3 is 0 Å². The molecule has 0 saturated heterocycles. The molecule has 0 radical (unpaired) electrons. The van der Waals surface area contributed by atoms with Crippen molar-refractivity contribution in [3.63, 3.8) is 0 Å². The van der Waals surface area contributed by atoms with Gasteiger partial charge in [-0.05, 0) is 36.1 Å². The van der Waals surface area contributed by atoms with Crippen molar-refractivity contribution in [3.8, 4) is 5.75 Å². The van der Waals surface area contributed by atoms with Crippen molar-refractivity contribution in [2.45, 2.75) is 11.8 Å². The fourth-order valence-corrected chi connectivity index (χ4v) is 3.34. The molecule has 1 amide bonds. The minimum atomic E-state index is -4.54. The van der Waals surface area contributed by atoms with Crippen molar-refractivity contribution in [2.24, 2.45) is 0 Å². The number of aromatic hydroxyl groups is 1. The summed E-state index contributed by atoms with van der Waals surface area (Å²) in [5.41, 5.74) is 0.206. The fourth-order valence-electron chi connectivity index (χ4n) is 2.81. The van der Waals surface area contributed by atoms with Gasteiger partial charge in [-0.1, -0.05) is 18.2 Å². The molecule has 0 aliphatic heterocycles. The molecule has 3 N–H and O–H groups in total. The third kappa shape index (κ3) is 3.63. The first-order chi connectivity index (χ1) is 13.1. The molecule has 144 valence electrons. The van der Waals surface area contributed by atoms with Crippen LogP contribution in [0.5, 0.6) is 5.75 Å². The zero-order valence-corrected chi connectivity index (χ0v) is 15.2. The molecule has 28 heavy (non-hydrogen) atoms. The minimum Gasteiger partial charge on any atom is -0.507 e. The van der Waals surface area contributed by atoms with Crippen LogP contribution in [0.15, 0.2) is 53.4 Å². The second-order valence-electron chi connectivity index (χ2n) is 6.05. The van der Waals surface area contributed by atoms with Gasteiger partial charge in [-0.3, -0.25) is 19.5 Å². The second-order valence-corrected chi connectivity index (χ2v) is 7.47. The van der Waals surface area contributed by atoms with E-state index in [2.05, 4.69) is 5.32 Å². The molecule has 0 aromatic heterocycles. The Labute approximate surface area is 159 Å². The largest absolute Gasteiger partial charge is 0.507 e. The number of carbonyl (C=O) groups excluding carboxylic acids is 1. The number of hydrogen-bond donors (Lipinski definition) is 3. The topological polar surface area (TPSA) is 147 Å². The van der Waals surface area contributed by atoms with Gasteiger partial charge in [-0.2, -0.15) is 8.42 Å². The van der Waals surface area contributed by atoms with Crippen LogP contribution in [0, 0.1) is 17.0 Å². The minimum absolute atomic E-state index is 0.122. The number of nitro groups is 1. The van der Waals surface area contributed by atoms with E-state index in [9.17, 15) is 28.4 Å². The maximum Gasteiger partial charge on any atom is 0.294 e. The molecule has 0 bridgehead atoms. The van der Waals surface area contributed by atoms with E-state index in [-0.39, 0.29) is 27.7 Å². The summed E-state index contributed by atoms with van der Waals surface area (Å²) < 4.78 is 31.8. The number of anilines is 1. The van der Waals surface area contributed by atoms with Crippen LogP contribution in [0.1, 0.15) is 15.9 Å². The first-order valence-corrected chi connectivity index (χ1v) is 9.31. The Hall–Kier alpha value is -3.50. The van der Waals surface area contributed by atoms with Crippen LogP contribution < -0.4 is 5.32 Å². The Morgan fingerprint density at radius 2 is 1.86 bits per heavy atom. The number of benzene rings is 3. The molecule has 0 heterocycles. The highest BCUT2D eigenvalue weighted by molar-refractivity contribution is 7.85. The predicted molar refractivity (Wildman–Crippen MR) is 101 cm³/mol. The number of rotatable bonds is 4. The molecule has 0 fully saturated rings. The summed E-state index contributed by atoms with van der Waals surface area (Å²) in [5.74, 6) is -1.25. The quantitative estimate of drug-likeness (QED) is 0.345. The van der Waals surface area contributed by atoms with Gasteiger partial charge in [0, 0.05) is 17.5 Å². The van der Waals surface area contributed by atoms with E-state index in [0.29, 0.717) is 5.56 Å². The van der Waals surface area contributed by atoms with Crippen LogP contribution in [0.25, 0.3) is 10.8 Å². The van der Waals surface area contributed by atoms with Gasteiger partial charge in [0.05, 0.1) is 15.5 Å². The second kappa shape index (κ2) is 6.91. The highest BCUT2D eigenvalue weighted by Gasteiger charge is 2.22. The number of carbonyl (C=O) groups is 1. The summed E-state index contributed by atoms with van der Waals surface area (Å²) in [6.45, 7) is 1.66. The van der Waals surface area contributed by atoms with Crippen LogP contribution in [0.4, 0.5) is 11.4 Å². The average molecular weight is 402 g/mol. The number of aryl methyl sites for hydroxylation is 1. The lowest BCUT2D eigenvalue weighted by molar-refractivity contribution is -0.385. The van der Waals surface area contributed by atoms with Gasteiger partial charge in [-0.15, -0.1) is 0 Å². The molecular weight excluding hydrogens is 388 g/mol. The Morgan fingerprint density at radius 3 is 2.50 bits per heavy atom. The summed E-state index contributed by atoms with van der Waals surface area (Å²) >= 11 is 0. The number of nitrogens with zero attached hydrogens (tertiary/aromatic N) is 1. The predicted octanol–water partition coefficient (Wildman–Crippen LogP) is 3.26. The highest BCUT2D eigenvalue weighted by Crippen LogP contribution is 2.35. The van der Waals surface area contributed by atoms with Crippen molar-refractivity contribution in [2.75, 3.05) is 5.32 Å². The van der Waals surface area contributed by atoms with Gasteiger partial charge in [0.15, 0.2) is 0 Å². The van der Waals surface area contributed by atoms with Crippen LogP contribution in [-0.4, -0.2) is 28.9 Å². The molecule has 0 aliphatic carbocycles. The summed E-state index contributed by atoms with van der Waals surface area (Å²) in [5, 5.41) is 24.3. The standard InChI is InChI=1S/C18H14N2O7S/c1-10-5-6-13(15(7-10)20(23)24)18(22)19-14-4-2-3-11-8-12(28(25,26)27)9-16(21)17(11)14/h2-9,21H,1H3,(H,19,22)(H,25,26,27). The smallest absolute Gasteiger partial charge is 0.294 e. The maximum atomic E-state index is 12.6. The highest BCUT2D eigenvalue weighted by atomic mass is 32.2. The van der Waals surface area contributed by atoms with Crippen molar-refractivity contribution < 1.29 is 27.8 Å². The number of hydrogen-bond acceptors (Lipinski definition) is 6. The lowest BCUT2D eigenvalue weighted by Crippen LogP contribution is -2.14. The molecule has 0 saturated carbocycles. The Balaban J connectivity index is 2.09. The SMILES string of the molecule is Cc1ccc(C(=O)Nc2cccc3cc(S(=O)(=O)O)cc(O)c23)c([N+](=O)[O-])c1. The van der Waals surface area contributed by atoms with Crippen molar-refractivity contribution in [1.82, 2.24) is 0 Å². The third-order valence-electron chi connectivity index (χ3n) is 4.07. The summed E-state index contributed by atoms with van der Waals surface area (Å²) in [7, 11) is -4.54. The molecule has 0 spiro atoms. The first kappa shape index (κ1) is 19.3. The Bertz CT molecular complexity index is 1240. The van der Waals surface area contributed by atoms with E-state index in [1.165, 1.54) is 30.3 Å². The van der Waals surface area contributed by atoms with Crippen molar-refractivity contribution in [1.29, 1.82) is 0 Å². The van der Waals surface area contributed by atoms with E-state index < -0.39 is 31.6 Å². The van der Waals surface area contributed by atoms with E-state index >= 15 is 0 Å². The molecular formula is C18H14N2O7S. The molecule has 3 aromatic carbocycles. The van der Waals surface area contributed by atoms with Crippen LogP contribution in [-0.2, 0) is 10.1 Å². The Kier molecular flexibility index (Phi) is 4.75. The van der Waals surface area contributed by atoms with Gasteiger partial charge in [0.25, 0.3) is 21.7 Å². The van der Waals surface area contributed by atoms with Crippen LogP contribution >= 0.6 is 0 Å². The summed E-state index contributed by atoms with van der Waals surface area (Å²) in [6, 6.07) is 10.6. The molecule has 3 rings (SSSR count). The van der Waals surface area contributed by atoms with E-state index in [1.807, 2.05) is 0 Å². The van der Waals surface area contributed by atoms with Crippen LogP contribution in [0.2, 0.25) is 0 Å². The van der Waals surface area contributed by atoms with Gasteiger partial charge < -0.3 is 10.4 Å². The number of nitro benzene ring substituents is 1. The molecule has 0 unspecified atom stereocenters. The third-order valence-corrected chi connectivity index (χ3v) is 4.90. The maximum absolute atomic E-state index is 12.6. The number of phenols is 1. The average Bonchev–Trinajstić information content (AvgIpc) is 2.60. The van der Waals surface area contributed by atoms with E-state index in [4.69, 9.17) is 4.55 Å². The number of fused-ring (bicyclic) bond motifs is 1. The molecule has 0 aliphatic rings. The van der Waals surface area contributed by atoms with Gasteiger partial charge in [-0.25, -0.2) is 0 Å². The molecule has 3 aromatic rings. The monoisotopic (exact) mass is 402 g/mol. The van der Waals surface area contributed by atoms with Gasteiger partial charge in [0.1, 0.15) is 11.3 Å². The zero-order valence-electron chi connectivity index (χ0n) is 14.4. The first-order valence-electron chi connectivity index (χ1n) is 7.87. The number of amides is 1. The Morgan fingerprint density at radius 1 is 1.14 bits per heavy atom.